The average Bonchev–Trinajstić information content (AvgIpc) is 3.52. The normalized spacial score (nSPS) is 11.6. The van der Waals surface area contributed by atoms with E-state index in [4.69, 9.17) is 19.4 Å². The van der Waals surface area contributed by atoms with Crippen molar-refractivity contribution in [3.63, 3.8) is 0 Å². The molecule has 4 nitrogen and oxygen atoms in total. The number of benzene rings is 6. The molecule has 9 rings (SSSR count). The van der Waals surface area contributed by atoms with Crippen LogP contribution in [0, 0.1) is 0 Å². The third-order valence-electron chi connectivity index (χ3n) is 8.47. The minimum absolute atomic E-state index is 0.686. The number of furan rings is 1. The van der Waals surface area contributed by atoms with Gasteiger partial charge in [-0.25, -0.2) is 15.0 Å². The van der Waals surface area contributed by atoms with Gasteiger partial charge in [0.1, 0.15) is 11.2 Å². The van der Waals surface area contributed by atoms with Gasteiger partial charge in [0.05, 0.1) is 28.0 Å². The van der Waals surface area contributed by atoms with Crippen LogP contribution in [0.25, 0.3) is 88.8 Å². The van der Waals surface area contributed by atoms with Crippen LogP contribution < -0.4 is 0 Å². The highest BCUT2D eigenvalue weighted by molar-refractivity contribution is 6.21. The van der Waals surface area contributed by atoms with Gasteiger partial charge in [0, 0.05) is 33.0 Å². The van der Waals surface area contributed by atoms with E-state index in [1.54, 1.807) is 0 Å². The first-order valence-electron chi connectivity index (χ1n) is 15.0. The minimum Gasteiger partial charge on any atom is -0.455 e. The summed E-state index contributed by atoms with van der Waals surface area (Å²) in [5, 5.41) is 5.36. The van der Waals surface area contributed by atoms with Gasteiger partial charge < -0.3 is 4.42 Å². The quantitative estimate of drug-likeness (QED) is 0.209. The molecule has 0 N–H and O–H groups in total. The third kappa shape index (κ3) is 4.27. The smallest absolute Gasteiger partial charge is 0.160 e. The molecule has 0 bridgehead atoms. The van der Waals surface area contributed by atoms with Crippen LogP contribution in [0.5, 0.6) is 0 Å². The Labute approximate surface area is 259 Å². The molecule has 4 heteroatoms. The summed E-state index contributed by atoms with van der Waals surface area (Å²) in [5.41, 5.74) is 9.25. The Morgan fingerprint density at radius 2 is 1.11 bits per heavy atom. The Morgan fingerprint density at radius 1 is 0.444 bits per heavy atom. The largest absolute Gasteiger partial charge is 0.455 e. The van der Waals surface area contributed by atoms with E-state index < -0.39 is 0 Å². The van der Waals surface area contributed by atoms with Crippen LogP contribution in [0.4, 0.5) is 0 Å². The van der Waals surface area contributed by atoms with Crippen molar-refractivity contribution < 1.29 is 4.42 Å². The first-order valence-corrected chi connectivity index (χ1v) is 15.0. The molecule has 0 amide bonds. The van der Waals surface area contributed by atoms with Gasteiger partial charge in [-0.3, -0.25) is 0 Å². The lowest BCUT2D eigenvalue weighted by Crippen LogP contribution is -1.96. The molecule has 0 unspecified atom stereocenters. The molecule has 3 heterocycles. The van der Waals surface area contributed by atoms with Crippen molar-refractivity contribution in [1.29, 1.82) is 0 Å². The van der Waals surface area contributed by atoms with Gasteiger partial charge >= 0.3 is 0 Å². The van der Waals surface area contributed by atoms with Crippen molar-refractivity contribution >= 4 is 43.6 Å². The van der Waals surface area contributed by atoms with Gasteiger partial charge in [-0.05, 0) is 35.0 Å². The van der Waals surface area contributed by atoms with Gasteiger partial charge in [-0.15, -0.1) is 0 Å². The summed E-state index contributed by atoms with van der Waals surface area (Å²) in [5.74, 6) is 0.686. The van der Waals surface area contributed by atoms with E-state index in [2.05, 4.69) is 91.0 Å². The van der Waals surface area contributed by atoms with Crippen molar-refractivity contribution in [2.24, 2.45) is 0 Å². The third-order valence-corrected chi connectivity index (χ3v) is 8.47. The van der Waals surface area contributed by atoms with Gasteiger partial charge in [0.25, 0.3) is 0 Å². The van der Waals surface area contributed by atoms with Crippen molar-refractivity contribution in [1.82, 2.24) is 15.0 Å². The number of hydrogen-bond acceptors (Lipinski definition) is 4. The number of rotatable bonds is 4. The number of para-hydroxylation sites is 1. The fourth-order valence-electron chi connectivity index (χ4n) is 6.32. The van der Waals surface area contributed by atoms with E-state index in [9.17, 15) is 0 Å². The van der Waals surface area contributed by atoms with Gasteiger partial charge in [-0.2, -0.15) is 0 Å². The van der Waals surface area contributed by atoms with Gasteiger partial charge in [0.15, 0.2) is 5.82 Å². The number of pyridine rings is 1. The van der Waals surface area contributed by atoms with E-state index in [0.717, 1.165) is 77.6 Å². The van der Waals surface area contributed by atoms with Crippen molar-refractivity contribution in [2.45, 2.75) is 0 Å². The lowest BCUT2D eigenvalue weighted by Gasteiger charge is -2.12. The summed E-state index contributed by atoms with van der Waals surface area (Å²) in [7, 11) is 0. The second-order valence-corrected chi connectivity index (χ2v) is 11.2. The van der Waals surface area contributed by atoms with Crippen LogP contribution in [-0.2, 0) is 0 Å². The Bertz CT molecular complexity index is 2470. The molecule has 0 aliphatic carbocycles. The van der Waals surface area contributed by atoms with Crippen LogP contribution in [0.1, 0.15) is 0 Å². The van der Waals surface area contributed by atoms with E-state index in [1.807, 2.05) is 60.7 Å². The first kappa shape index (κ1) is 25.4. The molecule has 0 saturated heterocycles. The van der Waals surface area contributed by atoms with Crippen LogP contribution in [-0.4, -0.2) is 15.0 Å². The summed E-state index contributed by atoms with van der Waals surface area (Å²) in [6.45, 7) is 0. The second kappa shape index (κ2) is 10.2. The van der Waals surface area contributed by atoms with Crippen molar-refractivity contribution in [3.8, 4) is 45.2 Å². The Morgan fingerprint density at radius 3 is 1.93 bits per heavy atom. The zero-order valence-corrected chi connectivity index (χ0v) is 24.2. The number of fused-ring (bicyclic) bond motifs is 6. The zero-order chi connectivity index (χ0) is 29.7. The SMILES string of the molecule is c1ccc(-c2cc(-c3ccc4nc(-c5cccc6ccccc56)c5c6ccccc6oc5c4c3)nc(-c3ccccc3)n2)cc1. The standard InChI is InChI=1S/C41H25N3O/c1-3-13-27(14-4-1)35-25-36(44-41(43-35)28-15-5-2-6-16-28)29-22-23-34-33(24-29)40-38(32-19-9-10-21-37(32)45-40)39(42-34)31-20-11-17-26-12-7-8-18-30(26)31/h1-25H. The average molecular weight is 576 g/mol. The highest BCUT2D eigenvalue weighted by Crippen LogP contribution is 2.42. The summed E-state index contributed by atoms with van der Waals surface area (Å²) in [4.78, 5) is 15.4. The molecular formula is C41H25N3O. The van der Waals surface area contributed by atoms with Crippen LogP contribution in [0.15, 0.2) is 156 Å². The van der Waals surface area contributed by atoms with Gasteiger partial charge in [0.2, 0.25) is 0 Å². The molecule has 210 valence electrons. The highest BCUT2D eigenvalue weighted by Gasteiger charge is 2.20. The number of hydrogen-bond donors (Lipinski definition) is 0. The molecule has 3 aromatic heterocycles. The first-order chi connectivity index (χ1) is 22.3. The summed E-state index contributed by atoms with van der Waals surface area (Å²) in [6.07, 6.45) is 0. The van der Waals surface area contributed by atoms with Crippen molar-refractivity contribution in [3.05, 3.63) is 152 Å². The Hall–Kier alpha value is -6.13. The topological polar surface area (TPSA) is 51.8 Å². The van der Waals surface area contributed by atoms with Crippen molar-refractivity contribution in [2.75, 3.05) is 0 Å². The van der Waals surface area contributed by atoms with Crippen LogP contribution in [0.3, 0.4) is 0 Å². The Balaban J connectivity index is 1.31. The molecule has 9 aromatic rings. The van der Waals surface area contributed by atoms with Gasteiger partial charge in [-0.1, -0.05) is 127 Å². The molecule has 0 saturated carbocycles. The molecule has 6 aromatic carbocycles. The zero-order valence-electron chi connectivity index (χ0n) is 24.2. The summed E-state index contributed by atoms with van der Waals surface area (Å²) >= 11 is 0. The van der Waals surface area contributed by atoms with E-state index in [-0.39, 0.29) is 0 Å². The van der Waals surface area contributed by atoms with Crippen LogP contribution in [0.2, 0.25) is 0 Å². The van der Waals surface area contributed by atoms with Crippen LogP contribution >= 0.6 is 0 Å². The molecule has 0 aliphatic rings. The maximum absolute atomic E-state index is 6.64. The Kier molecular flexibility index (Phi) is 5.78. The minimum atomic E-state index is 0.686. The number of nitrogens with zero attached hydrogens (tertiary/aromatic N) is 3. The maximum atomic E-state index is 6.64. The fourth-order valence-corrected chi connectivity index (χ4v) is 6.32. The maximum Gasteiger partial charge on any atom is 0.160 e. The highest BCUT2D eigenvalue weighted by atomic mass is 16.3. The lowest BCUT2D eigenvalue weighted by molar-refractivity contribution is 0.672. The molecule has 0 radical (unpaired) electrons. The predicted octanol–water partition coefficient (Wildman–Crippen LogP) is 10.7. The number of aromatic nitrogens is 3. The monoisotopic (exact) mass is 575 g/mol. The fraction of sp³-hybridized carbons (Fsp3) is 0. The molecule has 45 heavy (non-hydrogen) atoms. The predicted molar refractivity (Wildman–Crippen MR) is 184 cm³/mol. The van der Waals surface area contributed by atoms with E-state index in [1.165, 1.54) is 5.39 Å². The summed E-state index contributed by atoms with van der Waals surface area (Å²) < 4.78 is 6.64. The lowest BCUT2D eigenvalue weighted by atomic mass is 9.97. The molecule has 0 aliphatic heterocycles. The molecule has 0 atom stereocenters. The second-order valence-electron chi connectivity index (χ2n) is 11.2. The van der Waals surface area contributed by atoms with E-state index >= 15 is 0 Å². The molecule has 0 fully saturated rings. The summed E-state index contributed by atoms with van der Waals surface area (Å²) in [6, 6.07) is 51.9. The molecular weight excluding hydrogens is 550 g/mol. The molecule has 0 spiro atoms. The van der Waals surface area contributed by atoms with E-state index in [0.29, 0.717) is 5.82 Å².